The van der Waals surface area contributed by atoms with Crippen LogP contribution in [0.15, 0.2) is 24.3 Å². The molecule has 2 fully saturated rings. The number of nitrogens with one attached hydrogen (secondary N) is 1. The molecule has 3 rings (SSSR count). The molecule has 0 saturated carbocycles. The van der Waals surface area contributed by atoms with Crippen LogP contribution < -0.4 is 5.32 Å². The van der Waals surface area contributed by atoms with Gasteiger partial charge in [-0.3, -0.25) is 14.5 Å². The van der Waals surface area contributed by atoms with Crippen molar-refractivity contribution in [3.63, 3.8) is 0 Å². The highest BCUT2D eigenvalue weighted by atomic mass is 16.2. The number of hydrogen-bond donors (Lipinski definition) is 1. The number of urea groups is 1. The molecule has 25 heavy (non-hydrogen) atoms. The third-order valence-corrected chi connectivity index (χ3v) is 5.04. The Kier molecular flexibility index (Phi) is 4.76. The molecule has 2 saturated heterocycles. The van der Waals surface area contributed by atoms with E-state index >= 15 is 0 Å². The summed E-state index contributed by atoms with van der Waals surface area (Å²) < 4.78 is 0. The van der Waals surface area contributed by atoms with Crippen molar-refractivity contribution in [1.82, 2.24) is 20.0 Å². The largest absolute Gasteiger partial charge is 0.337 e. The molecular formula is C18H24N4O3. The summed E-state index contributed by atoms with van der Waals surface area (Å²) in [5.74, 6) is 0.0885. The van der Waals surface area contributed by atoms with Crippen molar-refractivity contribution in [2.45, 2.75) is 19.5 Å². The Morgan fingerprint density at radius 3 is 2.56 bits per heavy atom. The van der Waals surface area contributed by atoms with Crippen LogP contribution in [0.5, 0.6) is 0 Å². The molecule has 2 aliphatic heterocycles. The lowest BCUT2D eigenvalue weighted by molar-refractivity contribution is -0.125. The van der Waals surface area contributed by atoms with Crippen molar-refractivity contribution in [3.05, 3.63) is 35.4 Å². The van der Waals surface area contributed by atoms with Gasteiger partial charge in [-0.05, 0) is 31.6 Å². The molecule has 2 aliphatic rings. The number of amides is 4. The van der Waals surface area contributed by atoms with Gasteiger partial charge in [0.15, 0.2) is 0 Å². The van der Waals surface area contributed by atoms with Gasteiger partial charge in [0.25, 0.3) is 5.91 Å². The third kappa shape index (κ3) is 3.37. The average Bonchev–Trinajstić information content (AvgIpc) is 3.12. The molecule has 0 aromatic heterocycles. The molecular weight excluding hydrogens is 320 g/mol. The van der Waals surface area contributed by atoms with Gasteiger partial charge < -0.3 is 15.1 Å². The molecule has 2 atom stereocenters. The molecule has 1 aromatic rings. The minimum atomic E-state index is -0.408. The summed E-state index contributed by atoms with van der Waals surface area (Å²) in [5.41, 5.74) is 1.25. The highest BCUT2D eigenvalue weighted by Gasteiger charge is 2.35. The third-order valence-electron chi connectivity index (χ3n) is 5.04. The molecule has 0 radical (unpaired) electrons. The molecule has 1 aromatic carbocycles. The van der Waals surface area contributed by atoms with E-state index in [1.807, 2.05) is 31.1 Å². The average molecular weight is 344 g/mol. The van der Waals surface area contributed by atoms with Crippen LogP contribution in [-0.2, 0) is 11.3 Å². The predicted octanol–water partition coefficient (Wildman–Crippen LogP) is 0.761. The molecule has 0 spiro atoms. The Hall–Kier alpha value is -2.41. The normalized spacial score (nSPS) is 23.5. The van der Waals surface area contributed by atoms with E-state index in [1.54, 1.807) is 12.1 Å². The Bertz CT molecular complexity index is 687. The second-order valence-electron chi connectivity index (χ2n) is 7.01. The number of nitrogens with zero attached hydrogens (tertiary/aromatic N) is 3. The lowest BCUT2D eigenvalue weighted by atomic mass is 10.1. The van der Waals surface area contributed by atoms with E-state index in [0.717, 1.165) is 4.90 Å². The van der Waals surface area contributed by atoms with E-state index in [2.05, 4.69) is 17.1 Å². The van der Waals surface area contributed by atoms with Gasteiger partial charge >= 0.3 is 6.03 Å². The Morgan fingerprint density at radius 1 is 1.24 bits per heavy atom. The topological polar surface area (TPSA) is 73.0 Å². The van der Waals surface area contributed by atoms with E-state index in [-0.39, 0.29) is 24.9 Å². The van der Waals surface area contributed by atoms with Gasteiger partial charge in [-0.1, -0.05) is 25.1 Å². The summed E-state index contributed by atoms with van der Waals surface area (Å²) in [6.45, 7) is 3.68. The van der Waals surface area contributed by atoms with Crippen LogP contribution in [0.3, 0.4) is 0 Å². The summed E-state index contributed by atoms with van der Waals surface area (Å²) >= 11 is 0. The van der Waals surface area contributed by atoms with Gasteiger partial charge in [0.1, 0.15) is 0 Å². The van der Waals surface area contributed by atoms with Crippen molar-refractivity contribution in [2.24, 2.45) is 5.92 Å². The Balaban J connectivity index is 1.80. The van der Waals surface area contributed by atoms with Crippen molar-refractivity contribution in [2.75, 3.05) is 33.7 Å². The molecule has 0 aliphatic carbocycles. The number of rotatable bonds is 4. The molecule has 4 amide bonds. The number of likely N-dealkylation sites (tertiary alicyclic amines) is 1. The van der Waals surface area contributed by atoms with Crippen LogP contribution in [-0.4, -0.2) is 72.3 Å². The van der Waals surface area contributed by atoms with Gasteiger partial charge in [-0.15, -0.1) is 0 Å². The van der Waals surface area contributed by atoms with Crippen LogP contribution in [0.2, 0.25) is 0 Å². The lowest BCUT2D eigenvalue weighted by Gasteiger charge is -2.23. The van der Waals surface area contributed by atoms with Gasteiger partial charge in [0, 0.05) is 24.7 Å². The summed E-state index contributed by atoms with van der Waals surface area (Å²) in [6.07, 6.45) is 0. The number of imide groups is 1. The second kappa shape index (κ2) is 6.84. The number of benzene rings is 1. The maximum Gasteiger partial charge on any atom is 0.324 e. The maximum absolute atomic E-state index is 13.0. The minimum Gasteiger partial charge on any atom is -0.337 e. The standard InChI is InChI=1S/C18H24N4O3/c1-12-9-21(11-15(12)20(2)3)17(24)14-7-5-4-6-13(14)10-22-16(23)8-19-18(22)25/h4-7,12,15H,8-11H2,1-3H3,(H,19,25)/t12-,15+/m0/s1. The fraction of sp³-hybridized carbons (Fsp3) is 0.500. The SMILES string of the molecule is C[C@H]1CN(C(=O)c2ccccc2CN2C(=O)CNC2=O)C[C@H]1N(C)C. The summed E-state index contributed by atoms with van der Waals surface area (Å²) in [6, 6.07) is 7.13. The summed E-state index contributed by atoms with van der Waals surface area (Å²) in [4.78, 5) is 41.8. The van der Waals surface area contributed by atoms with E-state index in [9.17, 15) is 14.4 Å². The highest BCUT2D eigenvalue weighted by molar-refractivity contribution is 6.02. The number of carbonyl (C=O) groups is 3. The minimum absolute atomic E-state index is 0.0170. The van der Waals surface area contributed by atoms with Gasteiger partial charge in [0.2, 0.25) is 5.91 Å². The van der Waals surface area contributed by atoms with Crippen LogP contribution in [0.1, 0.15) is 22.8 Å². The molecule has 0 unspecified atom stereocenters. The second-order valence-corrected chi connectivity index (χ2v) is 7.01. The molecule has 7 nitrogen and oxygen atoms in total. The smallest absolute Gasteiger partial charge is 0.324 e. The van der Waals surface area contributed by atoms with Crippen molar-refractivity contribution in [3.8, 4) is 0 Å². The lowest BCUT2D eigenvalue weighted by Crippen LogP contribution is -2.36. The summed E-state index contributed by atoms with van der Waals surface area (Å²) in [5, 5.41) is 2.50. The Labute approximate surface area is 147 Å². The van der Waals surface area contributed by atoms with Crippen LogP contribution in [0.25, 0.3) is 0 Å². The summed E-state index contributed by atoms with van der Waals surface area (Å²) in [7, 11) is 4.06. The highest BCUT2D eigenvalue weighted by Crippen LogP contribution is 2.23. The van der Waals surface area contributed by atoms with Crippen LogP contribution in [0.4, 0.5) is 4.79 Å². The van der Waals surface area contributed by atoms with E-state index in [1.165, 1.54) is 0 Å². The zero-order valence-electron chi connectivity index (χ0n) is 14.9. The number of hydrogen-bond acceptors (Lipinski definition) is 4. The predicted molar refractivity (Wildman–Crippen MR) is 92.9 cm³/mol. The first-order chi connectivity index (χ1) is 11.9. The van der Waals surface area contributed by atoms with Crippen LogP contribution in [0, 0.1) is 5.92 Å². The first kappa shape index (κ1) is 17.4. The van der Waals surface area contributed by atoms with Gasteiger partial charge in [-0.25, -0.2) is 4.79 Å². The van der Waals surface area contributed by atoms with Gasteiger partial charge in [0.05, 0.1) is 13.1 Å². The van der Waals surface area contributed by atoms with Crippen LogP contribution >= 0.6 is 0 Å². The van der Waals surface area contributed by atoms with E-state index in [4.69, 9.17) is 0 Å². The molecule has 134 valence electrons. The number of likely N-dealkylation sites (N-methyl/N-ethyl adjacent to an activating group) is 1. The monoisotopic (exact) mass is 344 g/mol. The maximum atomic E-state index is 13.0. The fourth-order valence-corrected chi connectivity index (χ4v) is 3.61. The van der Waals surface area contributed by atoms with Crippen molar-refractivity contribution in [1.29, 1.82) is 0 Å². The van der Waals surface area contributed by atoms with E-state index in [0.29, 0.717) is 36.2 Å². The van der Waals surface area contributed by atoms with Crippen molar-refractivity contribution < 1.29 is 14.4 Å². The molecule has 2 heterocycles. The quantitative estimate of drug-likeness (QED) is 0.819. The molecule has 0 bridgehead atoms. The van der Waals surface area contributed by atoms with Crippen molar-refractivity contribution >= 4 is 17.8 Å². The van der Waals surface area contributed by atoms with E-state index < -0.39 is 6.03 Å². The first-order valence-corrected chi connectivity index (χ1v) is 8.50. The molecule has 7 heteroatoms. The number of carbonyl (C=O) groups excluding carboxylic acids is 3. The molecule has 1 N–H and O–H groups in total. The van der Waals surface area contributed by atoms with Gasteiger partial charge in [-0.2, -0.15) is 0 Å². The fourth-order valence-electron chi connectivity index (χ4n) is 3.61. The first-order valence-electron chi connectivity index (χ1n) is 8.50. The zero-order chi connectivity index (χ0) is 18.1. The Morgan fingerprint density at radius 2 is 1.96 bits per heavy atom. The zero-order valence-corrected chi connectivity index (χ0v) is 14.9.